The summed E-state index contributed by atoms with van der Waals surface area (Å²) in [5, 5.41) is 4.84. The zero-order chi connectivity index (χ0) is 20.5. The van der Waals surface area contributed by atoms with Gasteiger partial charge in [0.05, 0.1) is 18.2 Å². The number of rotatable bonds is 5. The maximum absolute atomic E-state index is 12.8. The molecule has 8 nitrogen and oxygen atoms in total. The second kappa shape index (κ2) is 8.29. The summed E-state index contributed by atoms with van der Waals surface area (Å²) in [5.41, 5.74) is 1.61. The summed E-state index contributed by atoms with van der Waals surface area (Å²) >= 11 is 0. The summed E-state index contributed by atoms with van der Waals surface area (Å²) in [4.78, 5) is 22.7. The first kappa shape index (κ1) is 19.4. The number of nitrogens with zero attached hydrogens (tertiary/aromatic N) is 4. The van der Waals surface area contributed by atoms with Crippen molar-refractivity contribution in [2.75, 3.05) is 33.4 Å². The molecule has 30 heavy (non-hydrogen) atoms. The molecular formula is C22H27N5O3. The van der Waals surface area contributed by atoms with Gasteiger partial charge in [-0.25, -0.2) is 9.50 Å². The summed E-state index contributed by atoms with van der Waals surface area (Å²) in [7, 11) is 1.73. The topological polar surface area (TPSA) is 84.8 Å². The molecule has 2 aromatic heterocycles. The van der Waals surface area contributed by atoms with Gasteiger partial charge in [0.1, 0.15) is 11.6 Å². The van der Waals surface area contributed by atoms with Crippen LogP contribution >= 0.6 is 0 Å². The summed E-state index contributed by atoms with van der Waals surface area (Å²) in [6.07, 6.45) is 3.41. The minimum absolute atomic E-state index is 0.000696. The summed E-state index contributed by atoms with van der Waals surface area (Å²) in [6.45, 7) is 3.87. The third-order valence-corrected chi connectivity index (χ3v) is 6.28. The highest BCUT2D eigenvalue weighted by Gasteiger charge is 2.36. The molecule has 1 unspecified atom stereocenters. The lowest BCUT2D eigenvalue weighted by Gasteiger charge is -2.21. The molecule has 0 bridgehead atoms. The van der Waals surface area contributed by atoms with Gasteiger partial charge in [0.2, 0.25) is 0 Å². The Morgan fingerprint density at radius 1 is 1.20 bits per heavy atom. The van der Waals surface area contributed by atoms with Gasteiger partial charge in [-0.1, -0.05) is 30.3 Å². The number of nitrogens with one attached hydrogen (secondary N) is 1. The molecule has 0 amide bonds. The van der Waals surface area contributed by atoms with E-state index >= 15 is 0 Å². The number of hydrogen-bond acceptors (Lipinski definition) is 6. The van der Waals surface area contributed by atoms with Gasteiger partial charge >= 0.3 is 0 Å². The number of hydrogen-bond donors (Lipinski definition) is 1. The number of ether oxygens (including phenoxy) is 2. The molecule has 1 aromatic carbocycles. The van der Waals surface area contributed by atoms with E-state index in [9.17, 15) is 4.79 Å². The van der Waals surface area contributed by atoms with Gasteiger partial charge < -0.3 is 14.5 Å². The molecule has 5 rings (SSSR count). The van der Waals surface area contributed by atoms with E-state index in [4.69, 9.17) is 14.6 Å². The van der Waals surface area contributed by atoms with Crippen LogP contribution in [-0.4, -0.2) is 64.0 Å². The molecule has 2 fully saturated rings. The van der Waals surface area contributed by atoms with Gasteiger partial charge in [0.15, 0.2) is 5.52 Å². The van der Waals surface area contributed by atoms with Gasteiger partial charge in [0.25, 0.3) is 5.56 Å². The van der Waals surface area contributed by atoms with Crippen molar-refractivity contribution >= 4 is 5.52 Å². The Bertz CT molecular complexity index is 1060. The zero-order valence-electron chi connectivity index (χ0n) is 17.2. The van der Waals surface area contributed by atoms with Crippen LogP contribution in [0.1, 0.15) is 41.9 Å². The van der Waals surface area contributed by atoms with Gasteiger partial charge in [0, 0.05) is 45.9 Å². The smallest absolute Gasteiger partial charge is 0.276 e. The lowest BCUT2D eigenvalue weighted by molar-refractivity contribution is 0.0831. The van der Waals surface area contributed by atoms with Gasteiger partial charge in [-0.3, -0.25) is 9.69 Å². The summed E-state index contributed by atoms with van der Waals surface area (Å²) in [6, 6.07) is 10.4. The van der Waals surface area contributed by atoms with E-state index in [1.54, 1.807) is 17.8 Å². The average molecular weight is 409 g/mol. The van der Waals surface area contributed by atoms with Crippen LogP contribution in [0.5, 0.6) is 0 Å². The lowest BCUT2D eigenvalue weighted by atomic mass is 10.00. The summed E-state index contributed by atoms with van der Waals surface area (Å²) in [5.74, 6) is 1.79. The first-order chi connectivity index (χ1) is 14.7. The van der Waals surface area contributed by atoms with Crippen LogP contribution in [0.3, 0.4) is 0 Å². The molecule has 158 valence electrons. The van der Waals surface area contributed by atoms with Crippen molar-refractivity contribution in [3.63, 3.8) is 0 Å². The van der Waals surface area contributed by atoms with Crippen LogP contribution in [0.4, 0.5) is 0 Å². The highest BCUT2D eigenvalue weighted by atomic mass is 16.5. The number of likely N-dealkylation sites (tertiary alicyclic amines) is 1. The Balaban J connectivity index is 1.45. The van der Waals surface area contributed by atoms with E-state index < -0.39 is 0 Å². The molecule has 8 heteroatoms. The highest BCUT2D eigenvalue weighted by Crippen LogP contribution is 2.29. The van der Waals surface area contributed by atoms with Crippen LogP contribution in [0.2, 0.25) is 0 Å². The molecule has 2 aliphatic heterocycles. The van der Waals surface area contributed by atoms with E-state index in [2.05, 4.69) is 39.1 Å². The highest BCUT2D eigenvalue weighted by molar-refractivity contribution is 5.42. The molecule has 4 heterocycles. The molecule has 2 saturated heterocycles. The van der Waals surface area contributed by atoms with Crippen LogP contribution in [0.15, 0.2) is 41.3 Å². The molecule has 2 aliphatic rings. The van der Waals surface area contributed by atoms with Crippen LogP contribution in [0, 0.1) is 0 Å². The van der Waals surface area contributed by atoms with E-state index in [1.165, 1.54) is 5.56 Å². The minimum Gasteiger partial charge on any atom is -0.381 e. The fraction of sp³-hybridized carbons (Fsp3) is 0.500. The Kier molecular flexibility index (Phi) is 5.37. The number of H-pyrrole nitrogens is 1. The van der Waals surface area contributed by atoms with Crippen molar-refractivity contribution in [3.8, 4) is 0 Å². The molecular weight excluding hydrogens is 382 g/mol. The Morgan fingerprint density at radius 3 is 2.77 bits per heavy atom. The van der Waals surface area contributed by atoms with E-state index in [0.717, 1.165) is 51.5 Å². The molecule has 1 N–H and O–H groups in total. The van der Waals surface area contributed by atoms with Crippen molar-refractivity contribution < 1.29 is 9.47 Å². The average Bonchev–Trinajstić information content (AvgIpc) is 3.39. The number of benzene rings is 1. The zero-order valence-corrected chi connectivity index (χ0v) is 17.2. The predicted molar refractivity (Wildman–Crippen MR) is 112 cm³/mol. The van der Waals surface area contributed by atoms with Crippen LogP contribution < -0.4 is 5.56 Å². The molecule has 0 radical (unpaired) electrons. The Hall–Kier alpha value is -2.55. The first-order valence-electron chi connectivity index (χ1n) is 10.6. The monoisotopic (exact) mass is 409 g/mol. The summed E-state index contributed by atoms with van der Waals surface area (Å²) < 4.78 is 13.0. The fourth-order valence-corrected chi connectivity index (χ4v) is 4.66. The first-order valence-corrected chi connectivity index (χ1v) is 10.6. The lowest BCUT2D eigenvalue weighted by Crippen LogP contribution is -2.26. The quantitative estimate of drug-likeness (QED) is 0.693. The molecule has 2 atom stereocenters. The molecule has 0 spiro atoms. The second-order valence-electron chi connectivity index (χ2n) is 8.20. The van der Waals surface area contributed by atoms with E-state index in [0.29, 0.717) is 11.3 Å². The molecule has 0 saturated carbocycles. The normalized spacial score (nSPS) is 23.4. The maximum Gasteiger partial charge on any atom is 0.276 e. The number of aromatic amines is 1. The fourth-order valence-electron chi connectivity index (χ4n) is 4.66. The maximum atomic E-state index is 12.8. The largest absolute Gasteiger partial charge is 0.381 e. The number of imidazole rings is 1. The Morgan fingerprint density at radius 2 is 2.00 bits per heavy atom. The van der Waals surface area contributed by atoms with Crippen molar-refractivity contribution in [1.29, 1.82) is 0 Å². The van der Waals surface area contributed by atoms with Crippen molar-refractivity contribution in [2.24, 2.45) is 0 Å². The van der Waals surface area contributed by atoms with Crippen LogP contribution in [0.25, 0.3) is 5.52 Å². The van der Waals surface area contributed by atoms with Crippen molar-refractivity contribution in [3.05, 3.63) is 64.1 Å². The van der Waals surface area contributed by atoms with Gasteiger partial charge in [-0.15, -0.1) is 0 Å². The van der Waals surface area contributed by atoms with Crippen LogP contribution in [-0.2, 0) is 16.0 Å². The van der Waals surface area contributed by atoms with E-state index in [1.807, 2.05) is 6.07 Å². The third kappa shape index (κ3) is 3.66. The number of fused-ring (bicyclic) bond motifs is 1. The van der Waals surface area contributed by atoms with Gasteiger partial charge in [-0.2, -0.15) is 5.10 Å². The molecule has 0 aliphatic carbocycles. The standard InChI is InChI=1S/C22H27N5O3/c1-29-19-14-26(12-15-5-3-2-4-6-15)13-17(19)20-24-22(28)18-11-23-21(27(18)25-20)16-7-9-30-10-8-16/h2-6,11,16-17,19H,7-10,12-14H2,1H3,(H,24,25,28)/t17-,19?/m1/s1. The van der Waals surface area contributed by atoms with E-state index in [-0.39, 0.29) is 23.5 Å². The van der Waals surface area contributed by atoms with Crippen molar-refractivity contribution in [2.45, 2.75) is 37.3 Å². The van der Waals surface area contributed by atoms with Crippen molar-refractivity contribution in [1.82, 2.24) is 24.5 Å². The third-order valence-electron chi connectivity index (χ3n) is 6.28. The second-order valence-corrected chi connectivity index (χ2v) is 8.20. The Labute approximate surface area is 174 Å². The minimum atomic E-state index is -0.151. The SMILES string of the molecule is COC1CN(Cc2ccccc2)C[C@H]1c1nn2c(C3CCOCC3)ncc2c(=O)[nH]1. The van der Waals surface area contributed by atoms with Gasteiger partial charge in [-0.05, 0) is 18.4 Å². The molecule has 3 aromatic rings. The number of aromatic nitrogens is 4. The number of methoxy groups -OCH3 is 1. The predicted octanol–water partition coefficient (Wildman–Crippen LogP) is 1.93.